The van der Waals surface area contributed by atoms with Crippen LogP contribution in [0.5, 0.6) is 0 Å². The van der Waals surface area contributed by atoms with Crippen molar-refractivity contribution < 1.29 is 14.5 Å². The van der Waals surface area contributed by atoms with Gasteiger partial charge in [0.05, 0.1) is 18.5 Å². The molecule has 0 saturated heterocycles. The fourth-order valence-electron chi connectivity index (χ4n) is 1.35. The molecule has 0 aliphatic carbocycles. The highest BCUT2D eigenvalue weighted by Gasteiger charge is 2.18. The van der Waals surface area contributed by atoms with Crippen molar-refractivity contribution in [2.45, 2.75) is 13.3 Å². The van der Waals surface area contributed by atoms with Crippen LogP contribution in [0.4, 0.5) is 5.69 Å². The van der Waals surface area contributed by atoms with Crippen molar-refractivity contribution in [2.75, 3.05) is 7.11 Å². The van der Waals surface area contributed by atoms with Gasteiger partial charge in [-0.3, -0.25) is 14.9 Å². The highest BCUT2D eigenvalue weighted by Crippen LogP contribution is 2.23. The molecule has 80 valence electrons. The van der Waals surface area contributed by atoms with E-state index < -0.39 is 10.9 Å². The lowest BCUT2D eigenvalue weighted by Gasteiger charge is -2.03. The molecule has 5 nitrogen and oxygen atoms in total. The Labute approximate surface area is 86.8 Å². The van der Waals surface area contributed by atoms with E-state index in [1.54, 1.807) is 25.1 Å². The molecule has 0 saturated carbocycles. The predicted octanol–water partition coefficient (Wildman–Crippen LogP) is 1.62. The molecule has 0 heterocycles. The summed E-state index contributed by atoms with van der Waals surface area (Å²) in [5.74, 6) is -0.483. The number of rotatable bonds is 3. The molecule has 0 aliphatic rings. The van der Waals surface area contributed by atoms with Gasteiger partial charge < -0.3 is 4.74 Å². The van der Waals surface area contributed by atoms with E-state index in [0.717, 1.165) is 0 Å². The smallest absolute Gasteiger partial charge is 0.310 e. The van der Waals surface area contributed by atoms with Crippen LogP contribution in [0.15, 0.2) is 18.2 Å². The number of nitro benzene ring substituents is 1. The van der Waals surface area contributed by atoms with Crippen LogP contribution in [0, 0.1) is 17.0 Å². The minimum Gasteiger partial charge on any atom is -0.469 e. The predicted molar refractivity (Wildman–Crippen MR) is 53.6 cm³/mol. The van der Waals surface area contributed by atoms with E-state index in [1.807, 2.05) is 0 Å². The zero-order chi connectivity index (χ0) is 11.4. The first kappa shape index (κ1) is 11.2. The van der Waals surface area contributed by atoms with Crippen LogP contribution >= 0.6 is 0 Å². The summed E-state index contributed by atoms with van der Waals surface area (Å²) in [6.07, 6.45) is -0.0749. The van der Waals surface area contributed by atoms with Gasteiger partial charge in [0.15, 0.2) is 0 Å². The molecule has 1 rings (SSSR count). The third kappa shape index (κ3) is 2.52. The Bertz CT molecular complexity index is 400. The number of esters is 1. The molecule has 0 spiro atoms. The maximum absolute atomic E-state index is 11.0. The van der Waals surface area contributed by atoms with Gasteiger partial charge in [-0.25, -0.2) is 0 Å². The second kappa shape index (κ2) is 4.54. The molecule has 0 fully saturated rings. The van der Waals surface area contributed by atoms with Crippen LogP contribution in [0.1, 0.15) is 11.1 Å². The number of nitrogens with zero attached hydrogens (tertiary/aromatic N) is 1. The fourth-order valence-corrected chi connectivity index (χ4v) is 1.35. The number of carbonyl (C=O) groups excluding carboxylic acids is 1. The second-order valence-electron chi connectivity index (χ2n) is 3.09. The van der Waals surface area contributed by atoms with Crippen molar-refractivity contribution in [3.05, 3.63) is 39.4 Å². The average Bonchev–Trinajstić information content (AvgIpc) is 2.17. The van der Waals surface area contributed by atoms with E-state index in [4.69, 9.17) is 0 Å². The van der Waals surface area contributed by atoms with Gasteiger partial charge >= 0.3 is 5.97 Å². The third-order valence-electron chi connectivity index (χ3n) is 2.07. The summed E-state index contributed by atoms with van der Waals surface area (Å²) in [6.45, 7) is 1.64. The largest absolute Gasteiger partial charge is 0.469 e. The topological polar surface area (TPSA) is 69.4 Å². The van der Waals surface area contributed by atoms with Crippen molar-refractivity contribution in [3.63, 3.8) is 0 Å². The maximum atomic E-state index is 11.0. The van der Waals surface area contributed by atoms with E-state index in [1.165, 1.54) is 7.11 Å². The molecule has 15 heavy (non-hydrogen) atoms. The van der Waals surface area contributed by atoms with E-state index in [2.05, 4.69) is 4.74 Å². The average molecular weight is 209 g/mol. The van der Waals surface area contributed by atoms with Gasteiger partial charge in [-0.1, -0.05) is 18.2 Å². The number of aryl methyl sites for hydroxylation is 1. The summed E-state index contributed by atoms with van der Waals surface area (Å²) in [5.41, 5.74) is 0.913. The van der Waals surface area contributed by atoms with Gasteiger partial charge in [-0.15, -0.1) is 0 Å². The Morgan fingerprint density at radius 1 is 1.53 bits per heavy atom. The first-order chi connectivity index (χ1) is 7.06. The number of hydrogen-bond acceptors (Lipinski definition) is 4. The molecule has 0 amide bonds. The van der Waals surface area contributed by atoms with Crippen molar-refractivity contribution in [2.24, 2.45) is 0 Å². The Balaban J connectivity index is 3.11. The Kier molecular flexibility index (Phi) is 3.38. The molecular formula is C10H11NO4. The summed E-state index contributed by atoms with van der Waals surface area (Å²) in [5, 5.41) is 10.8. The first-order valence-electron chi connectivity index (χ1n) is 4.36. The highest BCUT2D eigenvalue weighted by molar-refractivity contribution is 5.74. The number of hydrogen-bond donors (Lipinski definition) is 0. The van der Waals surface area contributed by atoms with E-state index >= 15 is 0 Å². The summed E-state index contributed by atoms with van der Waals surface area (Å²) in [6, 6.07) is 4.88. The van der Waals surface area contributed by atoms with Crippen molar-refractivity contribution in [1.82, 2.24) is 0 Å². The van der Waals surface area contributed by atoms with Crippen LogP contribution in [0.25, 0.3) is 0 Å². The van der Waals surface area contributed by atoms with Gasteiger partial charge in [0.25, 0.3) is 5.69 Å². The maximum Gasteiger partial charge on any atom is 0.310 e. The van der Waals surface area contributed by atoms with E-state index in [0.29, 0.717) is 11.1 Å². The van der Waals surface area contributed by atoms with E-state index in [-0.39, 0.29) is 12.1 Å². The minimum atomic E-state index is -0.483. The van der Waals surface area contributed by atoms with Gasteiger partial charge in [0.1, 0.15) is 0 Å². The molecule has 0 N–H and O–H groups in total. The Morgan fingerprint density at radius 2 is 2.20 bits per heavy atom. The van der Waals surface area contributed by atoms with Crippen LogP contribution in [0.2, 0.25) is 0 Å². The number of para-hydroxylation sites is 1. The fraction of sp³-hybridized carbons (Fsp3) is 0.300. The molecule has 1 aromatic carbocycles. The minimum absolute atomic E-state index is 0.0112. The lowest BCUT2D eigenvalue weighted by atomic mass is 10.1. The van der Waals surface area contributed by atoms with E-state index in [9.17, 15) is 14.9 Å². The number of carbonyl (C=O) groups is 1. The summed E-state index contributed by atoms with van der Waals surface area (Å²) < 4.78 is 4.47. The zero-order valence-electron chi connectivity index (χ0n) is 8.52. The number of ether oxygens (including phenoxy) is 1. The summed E-state index contributed by atoms with van der Waals surface area (Å²) >= 11 is 0. The normalized spacial score (nSPS) is 9.73. The standard InChI is InChI=1S/C10H11NO4/c1-7-4-3-5-8(6-9(12)15-2)10(7)11(13)14/h3-5H,6H2,1-2H3. The van der Waals surface area contributed by atoms with Gasteiger partial charge in [-0.2, -0.15) is 0 Å². The van der Waals surface area contributed by atoms with Crippen molar-refractivity contribution in [3.8, 4) is 0 Å². The lowest BCUT2D eigenvalue weighted by molar-refractivity contribution is -0.386. The molecule has 0 radical (unpaired) electrons. The van der Waals surface area contributed by atoms with Crippen LogP contribution in [-0.2, 0) is 16.0 Å². The van der Waals surface area contributed by atoms with Crippen molar-refractivity contribution in [1.29, 1.82) is 0 Å². The molecule has 0 aliphatic heterocycles. The third-order valence-corrected chi connectivity index (χ3v) is 2.07. The molecule has 5 heteroatoms. The van der Waals surface area contributed by atoms with Gasteiger partial charge in [-0.05, 0) is 6.92 Å². The highest BCUT2D eigenvalue weighted by atomic mass is 16.6. The van der Waals surface area contributed by atoms with Gasteiger partial charge in [0.2, 0.25) is 0 Å². The zero-order valence-corrected chi connectivity index (χ0v) is 8.52. The quantitative estimate of drug-likeness (QED) is 0.431. The summed E-state index contributed by atoms with van der Waals surface area (Å²) in [7, 11) is 1.25. The first-order valence-corrected chi connectivity index (χ1v) is 4.36. The second-order valence-corrected chi connectivity index (χ2v) is 3.09. The SMILES string of the molecule is COC(=O)Cc1cccc(C)c1[N+](=O)[O-]. The Morgan fingerprint density at radius 3 is 2.73 bits per heavy atom. The monoisotopic (exact) mass is 209 g/mol. The van der Waals surface area contributed by atoms with Gasteiger partial charge in [0, 0.05) is 11.1 Å². The number of nitro groups is 1. The number of methoxy groups -OCH3 is 1. The number of benzene rings is 1. The Hall–Kier alpha value is -1.91. The van der Waals surface area contributed by atoms with Crippen LogP contribution < -0.4 is 0 Å². The molecule has 0 aromatic heterocycles. The molecule has 0 bridgehead atoms. The van der Waals surface area contributed by atoms with Crippen molar-refractivity contribution >= 4 is 11.7 Å². The molecule has 1 aromatic rings. The lowest BCUT2D eigenvalue weighted by Crippen LogP contribution is -2.07. The van der Waals surface area contributed by atoms with Crippen LogP contribution in [-0.4, -0.2) is 18.0 Å². The molecule has 0 unspecified atom stereocenters. The molecule has 0 atom stereocenters. The summed E-state index contributed by atoms with van der Waals surface area (Å²) in [4.78, 5) is 21.3. The van der Waals surface area contributed by atoms with Crippen LogP contribution in [0.3, 0.4) is 0 Å². The molecular weight excluding hydrogens is 198 g/mol.